The number of rotatable bonds is 6. The lowest BCUT2D eigenvalue weighted by Crippen LogP contribution is -2.41. The normalized spacial score (nSPS) is 11.1. The summed E-state index contributed by atoms with van der Waals surface area (Å²) < 4.78 is 3.76. The van der Waals surface area contributed by atoms with E-state index in [0.29, 0.717) is 12.2 Å². The van der Waals surface area contributed by atoms with Crippen LogP contribution in [0.5, 0.6) is 0 Å². The van der Waals surface area contributed by atoms with Gasteiger partial charge in [-0.2, -0.15) is 0 Å². The summed E-state index contributed by atoms with van der Waals surface area (Å²) in [6.45, 7) is 6.69. The zero-order chi connectivity index (χ0) is 20.9. The molecule has 6 nitrogen and oxygen atoms in total. The highest BCUT2D eigenvalue weighted by atomic mass is 32.1. The van der Waals surface area contributed by atoms with E-state index in [1.165, 1.54) is 4.90 Å². The summed E-state index contributed by atoms with van der Waals surface area (Å²) in [5, 5.41) is 8.32. The van der Waals surface area contributed by atoms with Gasteiger partial charge in [-0.05, 0) is 40.2 Å². The lowest BCUT2D eigenvalue weighted by atomic mass is 9.87. The molecule has 0 unspecified atom stereocenters. The van der Waals surface area contributed by atoms with Crippen molar-refractivity contribution in [2.45, 2.75) is 32.7 Å². The maximum Gasteiger partial charge on any atom is 0.280 e. The molecule has 0 atom stereocenters. The van der Waals surface area contributed by atoms with Gasteiger partial charge in [0.2, 0.25) is 5.91 Å². The number of aromatic nitrogens is 2. The molecule has 7 heteroatoms. The van der Waals surface area contributed by atoms with Crippen molar-refractivity contribution in [2.75, 3.05) is 11.4 Å². The molecule has 29 heavy (non-hydrogen) atoms. The molecule has 150 valence electrons. The molecule has 0 aliphatic heterocycles. The Morgan fingerprint density at radius 3 is 2.31 bits per heavy atom. The summed E-state index contributed by atoms with van der Waals surface area (Å²) in [5.41, 5.74) is 3.02. The highest BCUT2D eigenvalue weighted by Gasteiger charge is 2.23. The number of anilines is 1. The number of carbonyl (C=O) groups excluding carboxylic acids is 2. The average Bonchev–Trinajstić information content (AvgIpc) is 3.25. The summed E-state index contributed by atoms with van der Waals surface area (Å²) in [6.07, 6.45) is 0. The fourth-order valence-corrected chi connectivity index (χ4v) is 3.24. The van der Waals surface area contributed by atoms with Crippen LogP contribution in [0.2, 0.25) is 0 Å². The number of nitrogens with zero attached hydrogens (tertiary/aromatic N) is 3. The Labute approximate surface area is 174 Å². The molecule has 0 aliphatic rings. The van der Waals surface area contributed by atoms with E-state index in [1.807, 2.05) is 54.6 Å². The Kier molecular flexibility index (Phi) is 6.39. The van der Waals surface area contributed by atoms with Gasteiger partial charge in [0.05, 0.1) is 0 Å². The topological polar surface area (TPSA) is 75.2 Å². The van der Waals surface area contributed by atoms with E-state index >= 15 is 0 Å². The summed E-state index contributed by atoms with van der Waals surface area (Å²) >= 11 is 1.10. The molecule has 1 N–H and O–H groups in total. The van der Waals surface area contributed by atoms with Crippen molar-refractivity contribution < 1.29 is 9.59 Å². The van der Waals surface area contributed by atoms with Gasteiger partial charge in [0.25, 0.3) is 5.91 Å². The van der Waals surface area contributed by atoms with Crippen LogP contribution >= 0.6 is 11.5 Å². The van der Waals surface area contributed by atoms with Crippen LogP contribution in [0, 0.1) is 0 Å². The number of hydrogen-bond donors (Lipinski definition) is 1. The van der Waals surface area contributed by atoms with Gasteiger partial charge in [0.1, 0.15) is 6.54 Å². The number of carbonyl (C=O) groups is 2. The van der Waals surface area contributed by atoms with E-state index in [4.69, 9.17) is 0 Å². The first-order chi connectivity index (χ1) is 13.8. The fourth-order valence-electron chi connectivity index (χ4n) is 2.81. The minimum atomic E-state index is -0.350. The molecule has 1 aromatic heterocycles. The predicted molar refractivity (Wildman–Crippen MR) is 115 cm³/mol. The zero-order valence-electron chi connectivity index (χ0n) is 16.8. The summed E-state index contributed by atoms with van der Waals surface area (Å²) in [5.74, 6) is -0.595. The molecular formula is C22H24N4O2S. The lowest BCUT2D eigenvalue weighted by molar-refractivity contribution is -0.119. The van der Waals surface area contributed by atoms with Crippen LogP contribution in [-0.4, -0.2) is 27.9 Å². The van der Waals surface area contributed by atoms with Gasteiger partial charge in [-0.25, -0.2) is 0 Å². The van der Waals surface area contributed by atoms with E-state index in [-0.39, 0.29) is 29.5 Å². The second-order valence-corrected chi connectivity index (χ2v) is 8.35. The first kappa shape index (κ1) is 20.7. The molecule has 1 heterocycles. The minimum absolute atomic E-state index is 0.000733. The van der Waals surface area contributed by atoms with Crippen LogP contribution in [0.15, 0.2) is 60.0 Å². The molecule has 2 aromatic carbocycles. The van der Waals surface area contributed by atoms with Gasteiger partial charge in [0.15, 0.2) is 5.69 Å². The summed E-state index contributed by atoms with van der Waals surface area (Å²) in [6, 6.07) is 17.3. The van der Waals surface area contributed by atoms with Crippen molar-refractivity contribution in [2.24, 2.45) is 0 Å². The van der Waals surface area contributed by atoms with Gasteiger partial charge in [-0.15, -0.1) is 5.10 Å². The van der Waals surface area contributed by atoms with Crippen molar-refractivity contribution in [3.63, 3.8) is 0 Å². The summed E-state index contributed by atoms with van der Waals surface area (Å²) in [4.78, 5) is 26.9. The fraction of sp³-hybridized carbons (Fsp3) is 0.273. The molecule has 3 aromatic rings. The van der Waals surface area contributed by atoms with Crippen molar-refractivity contribution in [1.82, 2.24) is 14.9 Å². The van der Waals surface area contributed by atoms with Crippen molar-refractivity contribution in [3.8, 4) is 0 Å². The highest BCUT2D eigenvalue weighted by molar-refractivity contribution is 7.03. The van der Waals surface area contributed by atoms with Crippen molar-refractivity contribution in [3.05, 3.63) is 76.8 Å². The molecular weight excluding hydrogens is 384 g/mol. The molecule has 0 fully saturated rings. The van der Waals surface area contributed by atoms with E-state index in [1.54, 1.807) is 5.38 Å². The Hall–Kier alpha value is -3.06. The molecule has 3 rings (SSSR count). The molecule has 0 aliphatic carbocycles. The van der Waals surface area contributed by atoms with Gasteiger partial charge >= 0.3 is 0 Å². The molecule has 0 radical (unpaired) electrons. The minimum Gasteiger partial charge on any atom is -0.350 e. The second-order valence-electron chi connectivity index (χ2n) is 7.74. The van der Waals surface area contributed by atoms with Crippen molar-refractivity contribution >= 4 is 29.0 Å². The van der Waals surface area contributed by atoms with Crippen LogP contribution in [-0.2, 0) is 16.8 Å². The maximum absolute atomic E-state index is 12.9. The van der Waals surface area contributed by atoms with Crippen LogP contribution in [0.25, 0.3) is 0 Å². The Balaban J connectivity index is 1.78. The maximum atomic E-state index is 12.9. The first-order valence-corrected chi connectivity index (χ1v) is 10.2. The average molecular weight is 409 g/mol. The quantitative estimate of drug-likeness (QED) is 0.673. The summed E-state index contributed by atoms with van der Waals surface area (Å²) in [7, 11) is 0. The largest absolute Gasteiger partial charge is 0.350 e. The number of hydrogen-bond acceptors (Lipinski definition) is 5. The zero-order valence-corrected chi connectivity index (χ0v) is 17.6. The van der Waals surface area contributed by atoms with Gasteiger partial charge < -0.3 is 5.32 Å². The Morgan fingerprint density at radius 2 is 1.72 bits per heavy atom. The molecule has 0 spiro atoms. The van der Waals surface area contributed by atoms with Crippen LogP contribution in [0.1, 0.15) is 42.4 Å². The smallest absolute Gasteiger partial charge is 0.280 e. The van der Waals surface area contributed by atoms with Crippen molar-refractivity contribution in [1.29, 1.82) is 0 Å². The second kappa shape index (κ2) is 8.96. The molecule has 2 amide bonds. The Morgan fingerprint density at radius 1 is 1.03 bits per heavy atom. The first-order valence-electron chi connectivity index (χ1n) is 9.34. The highest BCUT2D eigenvalue weighted by Crippen LogP contribution is 2.25. The SMILES string of the molecule is CC(C)(C)c1ccc(N(CC(=O)NCc2ccccc2)C(=O)c2csnn2)cc1. The van der Waals surface area contributed by atoms with Gasteiger partial charge in [-0.1, -0.05) is 67.7 Å². The van der Waals surface area contributed by atoms with E-state index < -0.39 is 0 Å². The molecule has 0 saturated carbocycles. The third kappa shape index (κ3) is 5.48. The Bertz CT molecular complexity index is 949. The monoisotopic (exact) mass is 408 g/mol. The van der Waals surface area contributed by atoms with Gasteiger partial charge in [-0.3, -0.25) is 14.5 Å². The number of benzene rings is 2. The molecule has 0 saturated heterocycles. The van der Waals surface area contributed by atoms with Gasteiger partial charge in [0, 0.05) is 17.6 Å². The van der Waals surface area contributed by atoms with Crippen LogP contribution < -0.4 is 10.2 Å². The van der Waals surface area contributed by atoms with E-state index in [9.17, 15) is 9.59 Å². The van der Waals surface area contributed by atoms with E-state index in [2.05, 4.69) is 35.7 Å². The van der Waals surface area contributed by atoms with Crippen LogP contribution in [0.3, 0.4) is 0 Å². The van der Waals surface area contributed by atoms with E-state index in [0.717, 1.165) is 22.7 Å². The number of nitrogens with one attached hydrogen (secondary N) is 1. The molecule has 0 bridgehead atoms. The third-order valence-electron chi connectivity index (χ3n) is 4.50. The predicted octanol–water partition coefficient (Wildman–Crippen LogP) is 3.80. The lowest BCUT2D eigenvalue weighted by Gasteiger charge is -2.24. The third-order valence-corrected chi connectivity index (χ3v) is 5.01. The van der Waals surface area contributed by atoms with Crippen LogP contribution in [0.4, 0.5) is 5.69 Å². The number of amides is 2. The standard InChI is InChI=1S/C22H24N4O2S/c1-22(2,3)17-9-11-18(12-10-17)26(21(28)19-15-29-25-24-19)14-20(27)23-13-16-7-5-4-6-8-16/h4-12,15H,13-14H2,1-3H3,(H,23,27).